The Labute approximate surface area is 117 Å². The summed E-state index contributed by atoms with van der Waals surface area (Å²) in [5.41, 5.74) is -0.353. The molecule has 0 aliphatic heterocycles. The van der Waals surface area contributed by atoms with Crippen molar-refractivity contribution in [3.8, 4) is 17.0 Å². The normalized spacial score (nSPS) is 11.2. The smallest absolute Gasteiger partial charge is 0.416 e. The number of carbonyl (C=O) groups is 1. The van der Waals surface area contributed by atoms with Gasteiger partial charge in [0.05, 0.1) is 23.9 Å². The second kappa shape index (κ2) is 5.43. The minimum absolute atomic E-state index is 0.0121. The van der Waals surface area contributed by atoms with Crippen molar-refractivity contribution in [3.63, 3.8) is 0 Å². The van der Waals surface area contributed by atoms with Gasteiger partial charge in [-0.3, -0.25) is 4.98 Å². The Hall–Kier alpha value is -2.57. The lowest BCUT2D eigenvalue weighted by atomic mass is 10.1. The summed E-state index contributed by atoms with van der Waals surface area (Å²) in [5.74, 6) is -1.18. The van der Waals surface area contributed by atoms with Gasteiger partial charge in [0.15, 0.2) is 0 Å². The number of alkyl halides is 3. The fourth-order valence-corrected chi connectivity index (χ4v) is 1.79. The molecule has 1 aromatic carbocycles. The Kier molecular flexibility index (Phi) is 3.84. The van der Waals surface area contributed by atoms with E-state index < -0.39 is 17.7 Å². The van der Waals surface area contributed by atoms with Crippen LogP contribution < -0.4 is 4.74 Å². The number of aromatic nitrogens is 1. The van der Waals surface area contributed by atoms with Gasteiger partial charge in [0.2, 0.25) is 0 Å². The van der Waals surface area contributed by atoms with Crippen LogP contribution in [0.15, 0.2) is 36.5 Å². The van der Waals surface area contributed by atoms with Gasteiger partial charge in [-0.2, -0.15) is 13.2 Å². The van der Waals surface area contributed by atoms with Gasteiger partial charge in [-0.15, -0.1) is 0 Å². The molecule has 21 heavy (non-hydrogen) atoms. The minimum atomic E-state index is -4.48. The fraction of sp³-hybridized carbons (Fsp3) is 0.143. The van der Waals surface area contributed by atoms with Crippen LogP contribution in [0.3, 0.4) is 0 Å². The van der Waals surface area contributed by atoms with Gasteiger partial charge in [-0.05, 0) is 30.3 Å². The van der Waals surface area contributed by atoms with E-state index in [1.54, 1.807) is 0 Å². The van der Waals surface area contributed by atoms with Crippen molar-refractivity contribution in [3.05, 3.63) is 47.7 Å². The minimum Gasteiger partial charge on any atom is -0.496 e. The molecule has 0 unspecified atom stereocenters. The highest BCUT2D eigenvalue weighted by atomic mass is 19.4. The van der Waals surface area contributed by atoms with E-state index >= 15 is 0 Å². The number of hydrogen-bond donors (Lipinski definition) is 1. The zero-order valence-electron chi connectivity index (χ0n) is 10.8. The molecule has 0 atom stereocenters. The first-order valence-electron chi connectivity index (χ1n) is 5.78. The number of aromatic carboxylic acids is 1. The zero-order valence-corrected chi connectivity index (χ0v) is 10.8. The highest BCUT2D eigenvalue weighted by Gasteiger charge is 2.31. The van der Waals surface area contributed by atoms with Crippen molar-refractivity contribution in [2.75, 3.05) is 7.11 Å². The summed E-state index contributed by atoms with van der Waals surface area (Å²) in [6.45, 7) is 0. The van der Waals surface area contributed by atoms with Crippen molar-refractivity contribution in [2.45, 2.75) is 6.18 Å². The van der Waals surface area contributed by atoms with Crippen LogP contribution in [0.4, 0.5) is 13.2 Å². The van der Waals surface area contributed by atoms with Gasteiger partial charge < -0.3 is 9.84 Å². The van der Waals surface area contributed by atoms with Gasteiger partial charge in [-0.1, -0.05) is 0 Å². The SMILES string of the molecule is COc1cc(C(F)(F)F)ccc1-c1cc(C(=O)O)ccn1. The summed E-state index contributed by atoms with van der Waals surface area (Å²) in [6, 6.07) is 5.52. The van der Waals surface area contributed by atoms with E-state index in [2.05, 4.69) is 4.98 Å². The van der Waals surface area contributed by atoms with Crippen LogP contribution in [0.2, 0.25) is 0 Å². The van der Waals surface area contributed by atoms with Crippen LogP contribution in [0.1, 0.15) is 15.9 Å². The van der Waals surface area contributed by atoms with Crippen LogP contribution in [0, 0.1) is 0 Å². The number of hydrogen-bond acceptors (Lipinski definition) is 3. The van der Waals surface area contributed by atoms with E-state index in [1.807, 2.05) is 0 Å². The molecule has 0 bridgehead atoms. The molecular formula is C14H10F3NO3. The number of carboxylic acids is 1. The number of nitrogens with zero attached hydrogens (tertiary/aromatic N) is 1. The molecule has 1 heterocycles. The largest absolute Gasteiger partial charge is 0.496 e. The average molecular weight is 297 g/mol. The Morgan fingerprint density at radius 3 is 2.52 bits per heavy atom. The molecule has 0 spiro atoms. The maximum Gasteiger partial charge on any atom is 0.416 e. The molecule has 0 saturated heterocycles. The molecule has 0 fully saturated rings. The van der Waals surface area contributed by atoms with Crippen LogP contribution in [0.25, 0.3) is 11.3 Å². The zero-order chi connectivity index (χ0) is 15.6. The van der Waals surface area contributed by atoms with E-state index in [4.69, 9.17) is 9.84 Å². The van der Waals surface area contributed by atoms with E-state index in [0.29, 0.717) is 0 Å². The van der Waals surface area contributed by atoms with Crippen LogP contribution in [-0.4, -0.2) is 23.2 Å². The van der Waals surface area contributed by atoms with E-state index in [-0.39, 0.29) is 22.6 Å². The second-order valence-corrected chi connectivity index (χ2v) is 4.15. The first-order valence-corrected chi connectivity index (χ1v) is 5.78. The summed E-state index contributed by atoms with van der Waals surface area (Å²) in [7, 11) is 1.24. The molecule has 110 valence electrons. The molecule has 4 nitrogen and oxygen atoms in total. The predicted molar refractivity (Wildman–Crippen MR) is 68.2 cm³/mol. The number of pyridine rings is 1. The molecule has 0 radical (unpaired) electrons. The molecule has 2 aromatic rings. The van der Waals surface area contributed by atoms with Crippen molar-refractivity contribution in [1.29, 1.82) is 0 Å². The molecule has 0 aliphatic carbocycles. The summed E-state index contributed by atoms with van der Waals surface area (Å²) in [6.07, 6.45) is -3.21. The number of ether oxygens (including phenoxy) is 1. The highest BCUT2D eigenvalue weighted by molar-refractivity contribution is 5.89. The van der Waals surface area contributed by atoms with E-state index in [1.165, 1.54) is 31.5 Å². The third kappa shape index (κ3) is 3.13. The van der Waals surface area contributed by atoms with E-state index in [9.17, 15) is 18.0 Å². The number of methoxy groups -OCH3 is 1. The quantitative estimate of drug-likeness (QED) is 0.942. The summed E-state index contributed by atoms with van der Waals surface area (Å²) >= 11 is 0. The van der Waals surface area contributed by atoms with Crippen molar-refractivity contribution >= 4 is 5.97 Å². The monoisotopic (exact) mass is 297 g/mol. The average Bonchev–Trinajstić information content (AvgIpc) is 2.45. The van der Waals surface area contributed by atoms with Crippen LogP contribution >= 0.6 is 0 Å². The van der Waals surface area contributed by atoms with Crippen LogP contribution in [0.5, 0.6) is 5.75 Å². The molecule has 7 heteroatoms. The predicted octanol–water partition coefficient (Wildman–Crippen LogP) is 3.47. The summed E-state index contributed by atoms with van der Waals surface area (Å²) < 4.78 is 42.9. The molecule has 0 aliphatic rings. The molecule has 1 N–H and O–H groups in total. The topological polar surface area (TPSA) is 59.4 Å². The molecule has 0 amide bonds. The van der Waals surface area contributed by atoms with Crippen molar-refractivity contribution in [2.24, 2.45) is 0 Å². The molecule has 0 saturated carbocycles. The van der Waals surface area contributed by atoms with Crippen molar-refractivity contribution < 1.29 is 27.8 Å². The Balaban J connectivity index is 2.54. The van der Waals surface area contributed by atoms with Crippen LogP contribution in [-0.2, 0) is 6.18 Å². The van der Waals surface area contributed by atoms with E-state index in [0.717, 1.165) is 12.1 Å². The maximum atomic E-state index is 12.7. The molecule has 2 rings (SSSR count). The van der Waals surface area contributed by atoms with Gasteiger partial charge in [-0.25, -0.2) is 4.79 Å². The third-order valence-corrected chi connectivity index (χ3v) is 2.81. The maximum absolute atomic E-state index is 12.7. The first kappa shape index (κ1) is 14.8. The third-order valence-electron chi connectivity index (χ3n) is 2.81. The standard InChI is InChI=1S/C14H10F3NO3/c1-21-12-7-9(14(15,16)17)2-3-10(12)11-6-8(13(19)20)4-5-18-11/h2-7H,1H3,(H,19,20). The molecule has 1 aromatic heterocycles. The van der Waals surface area contributed by atoms with Gasteiger partial charge in [0, 0.05) is 11.8 Å². The summed E-state index contributed by atoms with van der Waals surface area (Å²) in [5, 5.41) is 8.93. The number of benzene rings is 1. The number of rotatable bonds is 3. The Morgan fingerprint density at radius 1 is 1.24 bits per heavy atom. The second-order valence-electron chi connectivity index (χ2n) is 4.15. The number of halogens is 3. The molecular weight excluding hydrogens is 287 g/mol. The Morgan fingerprint density at radius 2 is 1.95 bits per heavy atom. The van der Waals surface area contributed by atoms with Crippen molar-refractivity contribution in [1.82, 2.24) is 4.98 Å². The van der Waals surface area contributed by atoms with Gasteiger partial charge in [0.25, 0.3) is 0 Å². The lowest BCUT2D eigenvalue weighted by molar-refractivity contribution is -0.137. The summed E-state index contributed by atoms with van der Waals surface area (Å²) in [4.78, 5) is 14.9. The Bertz CT molecular complexity index is 683. The first-order chi connectivity index (χ1) is 9.82. The lowest BCUT2D eigenvalue weighted by Crippen LogP contribution is -2.05. The van der Waals surface area contributed by atoms with Gasteiger partial charge in [0.1, 0.15) is 5.75 Å². The fourth-order valence-electron chi connectivity index (χ4n) is 1.79. The lowest BCUT2D eigenvalue weighted by Gasteiger charge is -2.12. The van der Waals surface area contributed by atoms with Gasteiger partial charge >= 0.3 is 12.1 Å². The number of carboxylic acid groups (broad SMARTS) is 1. The highest BCUT2D eigenvalue weighted by Crippen LogP contribution is 2.36.